The van der Waals surface area contributed by atoms with Crippen molar-refractivity contribution in [2.24, 2.45) is 29.4 Å². The largest absolute Gasteiger partial charge is 0.493 e. The van der Waals surface area contributed by atoms with Gasteiger partial charge in [0, 0.05) is 25.5 Å². The fourth-order valence-corrected chi connectivity index (χ4v) is 8.28. The zero-order valence-electron chi connectivity index (χ0n) is 20.9. The predicted octanol–water partition coefficient (Wildman–Crippen LogP) is 4.21. The van der Waals surface area contributed by atoms with Crippen molar-refractivity contribution < 1.29 is 27.7 Å². The number of benzene rings is 1. The minimum absolute atomic E-state index is 0.00126. The molecule has 0 saturated heterocycles. The summed E-state index contributed by atoms with van der Waals surface area (Å²) in [6, 6.07) is 8.07. The van der Waals surface area contributed by atoms with Crippen LogP contribution in [0.4, 0.5) is 0 Å². The van der Waals surface area contributed by atoms with Gasteiger partial charge in [0.05, 0.1) is 17.6 Å². The van der Waals surface area contributed by atoms with Gasteiger partial charge in [-0.1, -0.05) is 12.1 Å². The smallest absolute Gasteiger partial charge is 0.207 e. The van der Waals surface area contributed by atoms with Gasteiger partial charge in [0.15, 0.2) is 9.84 Å². The molecule has 0 heterocycles. The van der Waals surface area contributed by atoms with E-state index >= 15 is 0 Å². The molecule has 5 saturated carbocycles. The van der Waals surface area contributed by atoms with Crippen molar-refractivity contribution in [2.75, 3.05) is 31.8 Å². The molecule has 0 spiro atoms. The van der Waals surface area contributed by atoms with Gasteiger partial charge < -0.3 is 15.2 Å². The molecule has 5 fully saturated rings. The van der Waals surface area contributed by atoms with Gasteiger partial charge >= 0.3 is 0 Å². The van der Waals surface area contributed by atoms with Gasteiger partial charge in [-0.2, -0.15) is 0 Å². The second kappa shape index (κ2) is 10.7. The number of sulfone groups is 1. The van der Waals surface area contributed by atoms with E-state index in [1.54, 1.807) is 7.11 Å². The highest BCUT2D eigenvalue weighted by atomic mass is 32.2. The summed E-state index contributed by atoms with van der Waals surface area (Å²) >= 11 is 0. The van der Waals surface area contributed by atoms with Crippen LogP contribution in [0, 0.1) is 23.7 Å². The lowest BCUT2D eigenvalue weighted by Gasteiger charge is -2.58. The van der Waals surface area contributed by atoms with Crippen LogP contribution in [-0.2, 0) is 24.3 Å². The molecule has 0 amide bonds. The topological polar surface area (TPSA) is 97.1 Å². The summed E-state index contributed by atoms with van der Waals surface area (Å²) in [6.45, 7) is 0.293. The third-order valence-electron chi connectivity index (χ3n) is 9.03. The van der Waals surface area contributed by atoms with Crippen molar-refractivity contribution in [2.45, 2.75) is 75.6 Å². The van der Waals surface area contributed by atoms with Crippen LogP contribution < -0.4 is 10.5 Å². The standard InChI is InChI=1S/C27H41NO6S/c1-31-27(23-15-19-14-20(17-23)18-24(27)16-19)34-33-26-8-4-22(5-9-26)21-2-6-25(7-3-21)32-11-13-35(29,30)12-10-28/h2-3,6-7,19-20,22-24,26H,4-5,8-18,28H2,1H3. The molecule has 8 heteroatoms. The molecule has 0 aromatic heterocycles. The number of methoxy groups -OCH3 is 1. The van der Waals surface area contributed by atoms with Crippen molar-refractivity contribution in [1.82, 2.24) is 0 Å². The van der Waals surface area contributed by atoms with Gasteiger partial charge in [-0.3, -0.25) is 0 Å². The van der Waals surface area contributed by atoms with E-state index in [0.29, 0.717) is 23.5 Å². The van der Waals surface area contributed by atoms with Crippen LogP contribution in [0.2, 0.25) is 0 Å². The maximum atomic E-state index is 11.8. The highest BCUT2D eigenvalue weighted by Gasteiger charge is 2.60. The molecule has 0 aliphatic heterocycles. The van der Waals surface area contributed by atoms with E-state index in [1.807, 2.05) is 12.1 Å². The van der Waals surface area contributed by atoms with Gasteiger partial charge in [0.25, 0.3) is 0 Å². The molecule has 0 unspecified atom stereocenters. The van der Waals surface area contributed by atoms with Gasteiger partial charge in [0.1, 0.15) is 12.4 Å². The number of hydrogen-bond donors (Lipinski definition) is 1. The van der Waals surface area contributed by atoms with Crippen molar-refractivity contribution in [3.8, 4) is 5.75 Å². The highest BCUT2D eigenvalue weighted by Crippen LogP contribution is 2.60. The van der Waals surface area contributed by atoms with Crippen molar-refractivity contribution in [1.29, 1.82) is 0 Å². The number of rotatable bonds is 11. The van der Waals surface area contributed by atoms with E-state index in [2.05, 4.69) is 12.1 Å². The van der Waals surface area contributed by atoms with Crippen LogP contribution in [0.3, 0.4) is 0 Å². The Bertz CT molecular complexity index is 913. The summed E-state index contributed by atoms with van der Waals surface area (Å²) in [5.41, 5.74) is 6.63. The Kier molecular flexibility index (Phi) is 7.75. The third-order valence-corrected chi connectivity index (χ3v) is 10.7. The second-order valence-corrected chi connectivity index (χ2v) is 13.5. The summed E-state index contributed by atoms with van der Waals surface area (Å²) in [6.07, 6.45) is 10.5. The van der Waals surface area contributed by atoms with Crippen molar-refractivity contribution >= 4 is 9.84 Å². The fourth-order valence-electron chi connectivity index (χ4n) is 7.38. The van der Waals surface area contributed by atoms with Gasteiger partial charge in [0.2, 0.25) is 5.79 Å². The molecule has 1 aromatic rings. The van der Waals surface area contributed by atoms with Crippen molar-refractivity contribution in [3.63, 3.8) is 0 Å². The van der Waals surface area contributed by atoms with Crippen molar-refractivity contribution in [3.05, 3.63) is 29.8 Å². The van der Waals surface area contributed by atoms with Crippen LogP contribution in [0.5, 0.6) is 5.75 Å². The maximum Gasteiger partial charge on any atom is 0.207 e. The zero-order valence-corrected chi connectivity index (χ0v) is 21.7. The molecular formula is C27H41NO6S. The minimum Gasteiger partial charge on any atom is -0.493 e. The van der Waals surface area contributed by atoms with Crippen LogP contribution in [0.25, 0.3) is 0 Å². The molecule has 5 aliphatic rings. The molecule has 2 N–H and O–H groups in total. The quantitative estimate of drug-likeness (QED) is 0.272. The maximum absolute atomic E-state index is 11.8. The molecule has 5 aliphatic carbocycles. The lowest BCUT2D eigenvalue weighted by atomic mass is 9.53. The first-order valence-electron chi connectivity index (χ1n) is 13.4. The van der Waals surface area contributed by atoms with Crippen LogP contribution >= 0.6 is 0 Å². The first kappa shape index (κ1) is 25.5. The van der Waals surface area contributed by atoms with Crippen LogP contribution in [-0.4, -0.2) is 52.1 Å². The van der Waals surface area contributed by atoms with Gasteiger partial charge in [-0.05, 0) is 93.2 Å². The first-order chi connectivity index (χ1) is 16.9. The van der Waals surface area contributed by atoms with E-state index < -0.39 is 15.6 Å². The molecular weight excluding hydrogens is 466 g/mol. The summed E-state index contributed by atoms with van der Waals surface area (Å²) in [5.74, 6) is 3.31. The minimum atomic E-state index is -3.14. The Labute approximate surface area is 209 Å². The molecule has 6 rings (SSSR count). The fraction of sp³-hybridized carbons (Fsp3) is 0.778. The summed E-state index contributed by atoms with van der Waals surface area (Å²) in [7, 11) is -1.33. The van der Waals surface area contributed by atoms with E-state index in [4.69, 9.17) is 25.0 Å². The Morgan fingerprint density at radius 1 is 0.914 bits per heavy atom. The molecule has 7 nitrogen and oxygen atoms in total. The Hall–Kier alpha value is -1.19. The van der Waals surface area contributed by atoms with Crippen LogP contribution in [0.1, 0.15) is 69.3 Å². The first-order valence-corrected chi connectivity index (χ1v) is 15.3. The normalized spacial score (nSPS) is 36.4. The summed E-state index contributed by atoms with van der Waals surface area (Å²) < 4.78 is 35.2. The molecule has 196 valence electrons. The molecule has 4 bridgehead atoms. The number of ether oxygens (including phenoxy) is 2. The summed E-state index contributed by atoms with van der Waals surface area (Å²) in [5, 5.41) is 0. The molecule has 35 heavy (non-hydrogen) atoms. The summed E-state index contributed by atoms with van der Waals surface area (Å²) in [4.78, 5) is 12.3. The van der Waals surface area contributed by atoms with E-state index in [-0.39, 0.29) is 30.8 Å². The number of nitrogens with two attached hydrogens (primary N) is 1. The molecule has 1 aromatic carbocycles. The lowest BCUT2D eigenvalue weighted by Crippen LogP contribution is -2.60. The van der Waals surface area contributed by atoms with E-state index in [1.165, 1.54) is 37.7 Å². The Balaban J connectivity index is 1.07. The average Bonchev–Trinajstić information content (AvgIpc) is 2.84. The average molecular weight is 508 g/mol. The third kappa shape index (κ3) is 5.57. The predicted molar refractivity (Wildman–Crippen MR) is 134 cm³/mol. The Morgan fingerprint density at radius 2 is 1.54 bits per heavy atom. The SMILES string of the molecule is COC1(OOC2CCC(c3ccc(OCCS(=O)(=O)CCN)cc3)CC2)C2CC3CC(C2)CC1C3. The number of hydrogen-bond acceptors (Lipinski definition) is 7. The van der Waals surface area contributed by atoms with E-state index in [0.717, 1.165) is 37.5 Å². The second-order valence-electron chi connectivity index (χ2n) is 11.2. The lowest BCUT2D eigenvalue weighted by molar-refractivity contribution is -0.485. The molecule has 0 atom stereocenters. The van der Waals surface area contributed by atoms with E-state index in [9.17, 15) is 8.42 Å². The van der Waals surface area contributed by atoms with Gasteiger partial charge in [-0.15, -0.1) is 0 Å². The monoisotopic (exact) mass is 507 g/mol. The Morgan fingerprint density at radius 3 is 2.11 bits per heavy atom. The highest BCUT2D eigenvalue weighted by molar-refractivity contribution is 7.91. The van der Waals surface area contributed by atoms with Gasteiger partial charge in [-0.25, -0.2) is 18.2 Å². The zero-order chi connectivity index (χ0) is 24.5. The van der Waals surface area contributed by atoms with Crippen LogP contribution in [0.15, 0.2) is 24.3 Å². The molecule has 0 radical (unpaired) electrons.